The summed E-state index contributed by atoms with van der Waals surface area (Å²) in [5.41, 5.74) is 6.80. The van der Waals surface area contributed by atoms with Crippen LogP contribution >= 0.6 is 43.2 Å². The molecule has 0 saturated heterocycles. The molecule has 0 fully saturated rings. The highest BCUT2D eigenvalue weighted by molar-refractivity contribution is 9.11. The standard InChI is InChI=1S/C11H8Br2N2O2S/c1-17-11(16)8-9(14)18-10(15-8)5-2-6(12)4-7(13)3-5/h2-4H,14H2,1H3. The predicted molar refractivity (Wildman–Crippen MR) is 78.7 cm³/mol. The van der Waals surface area contributed by atoms with Gasteiger partial charge in [0.2, 0.25) is 0 Å². The molecule has 4 nitrogen and oxygen atoms in total. The third kappa shape index (κ3) is 2.73. The number of thiazole rings is 1. The number of rotatable bonds is 2. The van der Waals surface area contributed by atoms with Crippen molar-refractivity contribution in [3.05, 3.63) is 32.8 Å². The topological polar surface area (TPSA) is 65.2 Å². The zero-order valence-corrected chi connectivity index (χ0v) is 13.2. The van der Waals surface area contributed by atoms with Crippen LogP contribution in [0, 0.1) is 0 Å². The monoisotopic (exact) mass is 390 g/mol. The summed E-state index contributed by atoms with van der Waals surface area (Å²) >= 11 is 8.06. The number of esters is 1. The minimum Gasteiger partial charge on any atom is -0.464 e. The van der Waals surface area contributed by atoms with E-state index in [1.165, 1.54) is 18.4 Å². The second-order valence-electron chi connectivity index (χ2n) is 3.38. The minimum absolute atomic E-state index is 0.161. The molecule has 7 heteroatoms. The molecule has 0 radical (unpaired) electrons. The van der Waals surface area contributed by atoms with Crippen LogP contribution in [0.1, 0.15) is 10.5 Å². The number of halogens is 2. The summed E-state index contributed by atoms with van der Waals surface area (Å²) in [6, 6.07) is 5.73. The smallest absolute Gasteiger partial charge is 0.359 e. The summed E-state index contributed by atoms with van der Waals surface area (Å²) in [6.07, 6.45) is 0. The Morgan fingerprint density at radius 2 is 1.94 bits per heavy atom. The fraction of sp³-hybridized carbons (Fsp3) is 0.0909. The van der Waals surface area contributed by atoms with Gasteiger partial charge in [0, 0.05) is 14.5 Å². The number of methoxy groups -OCH3 is 1. The van der Waals surface area contributed by atoms with Gasteiger partial charge in [-0.3, -0.25) is 0 Å². The number of nitrogens with zero attached hydrogens (tertiary/aromatic N) is 1. The molecule has 2 N–H and O–H groups in total. The average Bonchev–Trinajstić information content (AvgIpc) is 2.69. The first-order valence-corrected chi connectivity index (χ1v) is 7.22. The number of nitrogen functional groups attached to an aromatic ring is 1. The lowest BCUT2D eigenvalue weighted by molar-refractivity contribution is 0.0596. The Bertz CT molecular complexity index is 593. The first-order valence-electron chi connectivity index (χ1n) is 4.82. The maximum atomic E-state index is 11.4. The van der Waals surface area contributed by atoms with E-state index in [-0.39, 0.29) is 5.69 Å². The van der Waals surface area contributed by atoms with Gasteiger partial charge in [0.15, 0.2) is 5.69 Å². The van der Waals surface area contributed by atoms with Gasteiger partial charge < -0.3 is 10.5 Å². The summed E-state index contributed by atoms with van der Waals surface area (Å²) in [4.78, 5) is 15.6. The third-order valence-electron chi connectivity index (χ3n) is 2.14. The summed E-state index contributed by atoms with van der Waals surface area (Å²) in [5.74, 6) is -0.524. The van der Waals surface area contributed by atoms with Crippen LogP contribution in [-0.4, -0.2) is 18.1 Å². The van der Waals surface area contributed by atoms with Crippen LogP contribution in [-0.2, 0) is 4.74 Å². The third-order valence-corrected chi connectivity index (χ3v) is 3.99. The van der Waals surface area contributed by atoms with E-state index in [9.17, 15) is 4.79 Å². The van der Waals surface area contributed by atoms with Gasteiger partial charge in [-0.15, -0.1) is 0 Å². The van der Waals surface area contributed by atoms with E-state index in [0.717, 1.165) is 14.5 Å². The number of anilines is 1. The molecule has 0 bridgehead atoms. The fourth-order valence-electron chi connectivity index (χ4n) is 1.38. The normalized spacial score (nSPS) is 10.4. The predicted octanol–water partition coefficient (Wildman–Crippen LogP) is 3.70. The molecule has 0 aliphatic rings. The summed E-state index contributed by atoms with van der Waals surface area (Å²) in [5, 5.41) is 1.03. The highest BCUT2D eigenvalue weighted by Crippen LogP contribution is 2.33. The number of aromatic nitrogens is 1. The maximum Gasteiger partial charge on any atom is 0.359 e. The van der Waals surface area contributed by atoms with E-state index < -0.39 is 5.97 Å². The van der Waals surface area contributed by atoms with Gasteiger partial charge in [0.1, 0.15) is 10.0 Å². The molecule has 2 rings (SSSR count). The molecule has 1 aromatic carbocycles. The Morgan fingerprint density at radius 1 is 1.33 bits per heavy atom. The Hall–Kier alpha value is -0.920. The van der Waals surface area contributed by atoms with E-state index in [1.54, 1.807) is 0 Å². The number of hydrogen-bond acceptors (Lipinski definition) is 5. The molecule has 94 valence electrons. The van der Waals surface area contributed by atoms with Gasteiger partial charge in [-0.2, -0.15) is 0 Å². The van der Waals surface area contributed by atoms with Crippen LogP contribution in [0.5, 0.6) is 0 Å². The van der Waals surface area contributed by atoms with Crippen molar-refractivity contribution in [1.82, 2.24) is 4.98 Å². The van der Waals surface area contributed by atoms with Gasteiger partial charge in [0.25, 0.3) is 0 Å². The van der Waals surface area contributed by atoms with Crippen LogP contribution < -0.4 is 5.73 Å². The van der Waals surface area contributed by atoms with E-state index >= 15 is 0 Å². The molecular formula is C11H8Br2N2O2S. The summed E-state index contributed by atoms with van der Waals surface area (Å²) < 4.78 is 6.45. The summed E-state index contributed by atoms with van der Waals surface area (Å²) in [6.45, 7) is 0. The lowest BCUT2D eigenvalue weighted by Gasteiger charge is -1.99. The van der Waals surface area contributed by atoms with Crippen molar-refractivity contribution in [3.63, 3.8) is 0 Å². The highest BCUT2D eigenvalue weighted by atomic mass is 79.9. The molecule has 1 aromatic heterocycles. The second kappa shape index (κ2) is 5.38. The zero-order chi connectivity index (χ0) is 13.3. The van der Waals surface area contributed by atoms with E-state index in [1.807, 2.05) is 18.2 Å². The SMILES string of the molecule is COC(=O)c1nc(-c2cc(Br)cc(Br)c2)sc1N. The van der Waals surface area contributed by atoms with Gasteiger partial charge in [-0.05, 0) is 18.2 Å². The van der Waals surface area contributed by atoms with E-state index in [0.29, 0.717) is 10.0 Å². The van der Waals surface area contributed by atoms with Gasteiger partial charge in [-0.1, -0.05) is 43.2 Å². The number of benzene rings is 1. The molecule has 1 heterocycles. The Morgan fingerprint density at radius 3 is 2.50 bits per heavy atom. The molecule has 0 atom stereocenters. The van der Waals surface area contributed by atoms with Crippen LogP contribution in [0.4, 0.5) is 5.00 Å². The van der Waals surface area contributed by atoms with E-state index in [2.05, 4.69) is 41.6 Å². The van der Waals surface area contributed by atoms with Crippen molar-refractivity contribution in [1.29, 1.82) is 0 Å². The molecule has 0 saturated carbocycles. The highest BCUT2D eigenvalue weighted by Gasteiger charge is 2.17. The van der Waals surface area contributed by atoms with Crippen molar-refractivity contribution in [2.45, 2.75) is 0 Å². The second-order valence-corrected chi connectivity index (χ2v) is 6.24. The van der Waals surface area contributed by atoms with Crippen molar-refractivity contribution < 1.29 is 9.53 Å². The van der Waals surface area contributed by atoms with Crippen molar-refractivity contribution in [2.24, 2.45) is 0 Å². The maximum absolute atomic E-state index is 11.4. The molecule has 2 aromatic rings. The molecular weight excluding hydrogens is 384 g/mol. The molecule has 0 aliphatic carbocycles. The first kappa shape index (κ1) is 13.5. The Balaban J connectivity index is 2.48. The van der Waals surface area contributed by atoms with Gasteiger partial charge in [0.05, 0.1) is 7.11 Å². The fourth-order valence-corrected chi connectivity index (χ4v) is 3.48. The molecule has 18 heavy (non-hydrogen) atoms. The Labute approximate surface area is 124 Å². The largest absolute Gasteiger partial charge is 0.464 e. The molecule has 0 amide bonds. The van der Waals surface area contributed by atoms with Crippen molar-refractivity contribution >= 4 is 54.2 Å². The lowest BCUT2D eigenvalue weighted by Crippen LogP contribution is -2.04. The van der Waals surface area contributed by atoms with Gasteiger partial charge >= 0.3 is 5.97 Å². The lowest BCUT2D eigenvalue weighted by atomic mass is 10.2. The van der Waals surface area contributed by atoms with Crippen LogP contribution in [0.2, 0.25) is 0 Å². The molecule has 0 aliphatic heterocycles. The number of nitrogens with two attached hydrogens (primary N) is 1. The van der Waals surface area contributed by atoms with Crippen molar-refractivity contribution in [2.75, 3.05) is 12.8 Å². The number of carbonyl (C=O) groups excluding carboxylic acids is 1. The molecule has 0 spiro atoms. The van der Waals surface area contributed by atoms with Gasteiger partial charge in [-0.25, -0.2) is 9.78 Å². The Kier molecular flexibility index (Phi) is 4.04. The molecule has 0 unspecified atom stereocenters. The van der Waals surface area contributed by atoms with Crippen LogP contribution in [0.25, 0.3) is 10.6 Å². The van der Waals surface area contributed by atoms with Crippen LogP contribution in [0.3, 0.4) is 0 Å². The zero-order valence-electron chi connectivity index (χ0n) is 9.24. The minimum atomic E-state index is -0.524. The quantitative estimate of drug-likeness (QED) is 0.792. The number of carbonyl (C=O) groups is 1. The van der Waals surface area contributed by atoms with Crippen molar-refractivity contribution in [3.8, 4) is 10.6 Å². The average molecular weight is 392 g/mol. The van der Waals surface area contributed by atoms with Crippen LogP contribution in [0.15, 0.2) is 27.1 Å². The number of hydrogen-bond donors (Lipinski definition) is 1. The summed E-state index contributed by atoms with van der Waals surface area (Å²) in [7, 11) is 1.30. The van der Waals surface area contributed by atoms with E-state index in [4.69, 9.17) is 5.73 Å². The first-order chi connectivity index (χ1) is 8.51. The number of ether oxygens (including phenoxy) is 1.